The quantitative estimate of drug-likeness (QED) is 0.341. The van der Waals surface area contributed by atoms with Crippen molar-refractivity contribution in [3.05, 3.63) is 28.2 Å². The molecular weight excluding hydrogens is 447 g/mol. The molecule has 7 heteroatoms. The van der Waals surface area contributed by atoms with Crippen molar-refractivity contribution in [1.82, 2.24) is 5.32 Å². The number of aryl methyl sites for hydroxylation is 1. The number of guanidine groups is 1. The minimum absolute atomic E-state index is 0. The van der Waals surface area contributed by atoms with Gasteiger partial charge in [0.05, 0.1) is 0 Å². The first-order valence-electron chi connectivity index (χ1n) is 6.62. The summed E-state index contributed by atoms with van der Waals surface area (Å²) in [6.45, 7) is 5.15. The molecule has 0 bridgehead atoms. The smallest absolute Gasteiger partial charge is 0.226 e. The van der Waals surface area contributed by atoms with E-state index in [1.165, 1.54) is 0 Å². The lowest BCUT2D eigenvalue weighted by molar-refractivity contribution is -0.116. The highest BCUT2D eigenvalue weighted by molar-refractivity contribution is 14.0. The van der Waals surface area contributed by atoms with Crippen LogP contribution in [0.3, 0.4) is 0 Å². The van der Waals surface area contributed by atoms with Gasteiger partial charge >= 0.3 is 0 Å². The summed E-state index contributed by atoms with van der Waals surface area (Å²) in [4.78, 5) is 15.9. The number of aliphatic imine (C=N–C) groups is 1. The Balaban J connectivity index is 0.00000400. The molecule has 0 aromatic heterocycles. The predicted molar refractivity (Wildman–Crippen MR) is 102 cm³/mol. The number of benzene rings is 1. The molecule has 0 radical (unpaired) electrons. The molecule has 0 aliphatic heterocycles. The average Bonchev–Trinajstić information content (AvgIpc) is 2.40. The summed E-state index contributed by atoms with van der Waals surface area (Å²) in [6, 6.07) is 5.78. The van der Waals surface area contributed by atoms with E-state index in [-0.39, 0.29) is 29.9 Å². The lowest BCUT2D eigenvalue weighted by atomic mass is 10.2. The van der Waals surface area contributed by atoms with Crippen LogP contribution in [0.25, 0.3) is 0 Å². The molecule has 1 aromatic carbocycles. The Hall–Kier alpha value is -0.830. The first kappa shape index (κ1) is 20.2. The molecule has 0 fully saturated rings. The number of anilines is 1. The predicted octanol–water partition coefficient (Wildman–Crippen LogP) is 3.02. The number of nitrogens with one attached hydrogen (secondary N) is 2. The van der Waals surface area contributed by atoms with Crippen LogP contribution < -0.4 is 16.4 Å². The Morgan fingerprint density at radius 1 is 1.43 bits per heavy atom. The van der Waals surface area contributed by atoms with Gasteiger partial charge in [0, 0.05) is 29.7 Å². The number of nitrogens with two attached hydrogens (primary N) is 1. The molecule has 0 atom stereocenters. The van der Waals surface area contributed by atoms with Gasteiger partial charge in [-0.2, -0.15) is 0 Å². The first-order chi connectivity index (χ1) is 9.52. The van der Waals surface area contributed by atoms with E-state index in [1.54, 1.807) is 0 Å². The van der Waals surface area contributed by atoms with Gasteiger partial charge in [-0.3, -0.25) is 9.79 Å². The van der Waals surface area contributed by atoms with E-state index in [4.69, 9.17) is 5.73 Å². The zero-order valence-electron chi connectivity index (χ0n) is 12.3. The average molecular weight is 469 g/mol. The zero-order valence-corrected chi connectivity index (χ0v) is 16.2. The van der Waals surface area contributed by atoms with Crippen molar-refractivity contribution >= 4 is 57.5 Å². The topological polar surface area (TPSA) is 79.5 Å². The maximum absolute atomic E-state index is 11.8. The zero-order chi connectivity index (χ0) is 15.0. The van der Waals surface area contributed by atoms with E-state index in [9.17, 15) is 4.79 Å². The van der Waals surface area contributed by atoms with Crippen LogP contribution in [0.15, 0.2) is 27.7 Å². The third kappa shape index (κ3) is 8.25. The van der Waals surface area contributed by atoms with E-state index in [1.807, 2.05) is 32.0 Å². The first-order valence-corrected chi connectivity index (χ1v) is 7.42. The second kappa shape index (κ2) is 10.8. The number of carbonyl (C=O) groups excluding carboxylic acids is 1. The van der Waals surface area contributed by atoms with Crippen LogP contribution in [0.2, 0.25) is 0 Å². The Kier molecular flexibility index (Phi) is 10.4. The van der Waals surface area contributed by atoms with Gasteiger partial charge in [0.25, 0.3) is 0 Å². The van der Waals surface area contributed by atoms with Crippen LogP contribution in [-0.4, -0.2) is 25.0 Å². The van der Waals surface area contributed by atoms with Crippen LogP contribution in [0.4, 0.5) is 5.69 Å². The molecule has 0 aliphatic carbocycles. The largest absolute Gasteiger partial charge is 0.370 e. The number of carbonyl (C=O) groups is 1. The molecule has 0 unspecified atom stereocenters. The molecular formula is C14H22BrIN4O. The second-order valence-electron chi connectivity index (χ2n) is 4.45. The maximum Gasteiger partial charge on any atom is 0.226 e. The second-order valence-corrected chi connectivity index (χ2v) is 5.37. The fraction of sp³-hybridized carbons (Fsp3) is 0.429. The minimum atomic E-state index is -0.0537. The van der Waals surface area contributed by atoms with Crippen LogP contribution in [0.1, 0.15) is 25.3 Å². The van der Waals surface area contributed by atoms with Crippen LogP contribution in [-0.2, 0) is 4.79 Å². The Morgan fingerprint density at radius 2 is 2.14 bits per heavy atom. The number of rotatable bonds is 6. The molecule has 118 valence electrons. The fourth-order valence-corrected chi connectivity index (χ4v) is 1.89. The summed E-state index contributed by atoms with van der Waals surface area (Å²) in [7, 11) is 0. The van der Waals surface area contributed by atoms with E-state index in [0.29, 0.717) is 25.5 Å². The van der Waals surface area contributed by atoms with Crippen molar-refractivity contribution in [2.24, 2.45) is 10.7 Å². The van der Waals surface area contributed by atoms with Crippen molar-refractivity contribution in [2.45, 2.75) is 26.7 Å². The van der Waals surface area contributed by atoms with Crippen LogP contribution in [0, 0.1) is 6.92 Å². The van der Waals surface area contributed by atoms with E-state index in [2.05, 4.69) is 31.6 Å². The van der Waals surface area contributed by atoms with Gasteiger partial charge in [-0.15, -0.1) is 24.0 Å². The van der Waals surface area contributed by atoms with Crippen molar-refractivity contribution in [2.75, 3.05) is 18.4 Å². The van der Waals surface area contributed by atoms with Gasteiger partial charge in [0.2, 0.25) is 5.91 Å². The Morgan fingerprint density at radius 3 is 2.81 bits per heavy atom. The van der Waals surface area contributed by atoms with Gasteiger partial charge in [-0.1, -0.05) is 28.9 Å². The van der Waals surface area contributed by atoms with Gasteiger partial charge in [-0.25, -0.2) is 0 Å². The summed E-state index contributed by atoms with van der Waals surface area (Å²) >= 11 is 3.39. The summed E-state index contributed by atoms with van der Waals surface area (Å²) in [6.07, 6.45) is 1.29. The number of hydrogen-bond acceptors (Lipinski definition) is 2. The molecule has 21 heavy (non-hydrogen) atoms. The van der Waals surface area contributed by atoms with Crippen molar-refractivity contribution in [1.29, 1.82) is 0 Å². The molecule has 1 amide bonds. The van der Waals surface area contributed by atoms with E-state index < -0.39 is 0 Å². The highest BCUT2D eigenvalue weighted by Crippen LogP contribution is 2.20. The van der Waals surface area contributed by atoms with Crippen molar-refractivity contribution < 1.29 is 4.79 Å². The molecule has 0 aliphatic rings. The molecule has 0 saturated heterocycles. The van der Waals surface area contributed by atoms with Gasteiger partial charge in [-0.05, 0) is 31.0 Å². The number of halogens is 2. The SMILES string of the molecule is CCCN=C(N)NCCC(=O)Nc1cc(Br)ccc1C.I. The number of nitrogens with zero attached hydrogens (tertiary/aromatic N) is 1. The molecule has 0 heterocycles. The summed E-state index contributed by atoms with van der Waals surface area (Å²) in [5.74, 6) is 0.334. The highest BCUT2D eigenvalue weighted by Gasteiger charge is 2.05. The molecule has 1 aromatic rings. The van der Waals surface area contributed by atoms with Crippen molar-refractivity contribution in [3.8, 4) is 0 Å². The van der Waals surface area contributed by atoms with E-state index >= 15 is 0 Å². The monoisotopic (exact) mass is 468 g/mol. The normalized spacial score (nSPS) is 10.7. The lowest BCUT2D eigenvalue weighted by Crippen LogP contribution is -2.34. The van der Waals surface area contributed by atoms with Gasteiger partial charge in [0.1, 0.15) is 0 Å². The molecule has 1 rings (SSSR count). The minimum Gasteiger partial charge on any atom is -0.370 e. The van der Waals surface area contributed by atoms with E-state index in [0.717, 1.165) is 22.1 Å². The Bertz CT molecular complexity index is 494. The third-order valence-electron chi connectivity index (χ3n) is 2.64. The van der Waals surface area contributed by atoms with Crippen LogP contribution >= 0.6 is 39.9 Å². The van der Waals surface area contributed by atoms with Crippen LogP contribution in [0.5, 0.6) is 0 Å². The molecule has 5 nitrogen and oxygen atoms in total. The standard InChI is InChI=1S/C14H21BrN4O.HI/c1-3-7-17-14(16)18-8-6-13(20)19-12-9-11(15)5-4-10(12)2;/h4-5,9H,3,6-8H2,1-2H3,(H,19,20)(H3,16,17,18);1H. The number of hydrogen-bond donors (Lipinski definition) is 3. The molecule has 0 spiro atoms. The maximum atomic E-state index is 11.8. The third-order valence-corrected chi connectivity index (χ3v) is 3.13. The fourth-order valence-electron chi connectivity index (χ4n) is 1.53. The Labute approximate surface area is 151 Å². The lowest BCUT2D eigenvalue weighted by Gasteiger charge is -2.09. The van der Waals surface area contributed by atoms with Crippen molar-refractivity contribution in [3.63, 3.8) is 0 Å². The van der Waals surface area contributed by atoms with Gasteiger partial charge < -0.3 is 16.4 Å². The highest BCUT2D eigenvalue weighted by atomic mass is 127. The molecule has 4 N–H and O–H groups in total. The summed E-state index contributed by atoms with van der Waals surface area (Å²) in [5.41, 5.74) is 7.49. The summed E-state index contributed by atoms with van der Waals surface area (Å²) < 4.78 is 0.937. The van der Waals surface area contributed by atoms with Gasteiger partial charge in [0.15, 0.2) is 5.96 Å². The molecule has 0 saturated carbocycles. The summed E-state index contributed by atoms with van der Waals surface area (Å²) in [5, 5.41) is 5.80. The number of amides is 1.